The maximum atomic E-state index is 12.0. The van der Waals surface area contributed by atoms with Crippen molar-refractivity contribution in [3.05, 3.63) is 102 Å². The van der Waals surface area contributed by atoms with Crippen LogP contribution in [0.3, 0.4) is 0 Å². The number of ether oxygens (including phenoxy) is 1. The van der Waals surface area contributed by atoms with Crippen LogP contribution in [-0.2, 0) is 24.4 Å². The Morgan fingerprint density at radius 2 is 1.39 bits per heavy atom. The Hall–Kier alpha value is -3.07. The zero-order valence-electron chi connectivity index (χ0n) is 16.1. The minimum atomic E-state index is 0.109. The fraction of sp³-hybridized carbons (Fsp3) is 0.240. The second kappa shape index (κ2) is 10.9. The number of carbonyl (C=O) groups excluding carboxylic acids is 1. The van der Waals surface area contributed by atoms with E-state index in [-0.39, 0.29) is 5.91 Å². The minimum absolute atomic E-state index is 0.109. The number of para-hydroxylation sites is 1. The van der Waals surface area contributed by atoms with E-state index in [2.05, 4.69) is 23.5 Å². The third-order valence-electron chi connectivity index (χ3n) is 4.64. The van der Waals surface area contributed by atoms with Gasteiger partial charge in [-0.05, 0) is 42.0 Å². The standard InChI is InChI=1S/C25H27NO2/c27-25(26-19-21-11-3-1-4-12-21)18-10-8-16-23-15-7-9-17-24(23)28-20-22-13-5-2-6-14-22/h1-7,9,11-15,17H,8,10,16,18-20H2,(H,26,27). The molecule has 0 fully saturated rings. The average molecular weight is 373 g/mol. The maximum Gasteiger partial charge on any atom is 0.220 e. The van der Waals surface area contributed by atoms with Gasteiger partial charge in [-0.25, -0.2) is 0 Å². The zero-order valence-corrected chi connectivity index (χ0v) is 16.1. The molecule has 0 spiro atoms. The SMILES string of the molecule is O=C(CCCCc1ccccc1OCc1ccccc1)NCc1ccccc1. The van der Waals surface area contributed by atoms with Gasteiger partial charge in [0.1, 0.15) is 12.4 Å². The van der Waals surface area contributed by atoms with Crippen molar-refractivity contribution >= 4 is 5.91 Å². The molecule has 28 heavy (non-hydrogen) atoms. The molecule has 0 aliphatic rings. The fourth-order valence-electron chi connectivity index (χ4n) is 3.07. The van der Waals surface area contributed by atoms with Crippen LogP contribution in [0.2, 0.25) is 0 Å². The average Bonchev–Trinajstić information content (AvgIpc) is 2.76. The summed E-state index contributed by atoms with van der Waals surface area (Å²) in [6, 6.07) is 28.3. The molecule has 3 aromatic carbocycles. The zero-order chi connectivity index (χ0) is 19.4. The summed E-state index contributed by atoms with van der Waals surface area (Å²) in [5.74, 6) is 1.04. The van der Waals surface area contributed by atoms with Gasteiger partial charge in [0.05, 0.1) is 0 Å². The summed E-state index contributed by atoms with van der Waals surface area (Å²) in [5.41, 5.74) is 3.48. The van der Waals surface area contributed by atoms with Gasteiger partial charge in [0.2, 0.25) is 5.91 Å². The number of amides is 1. The number of rotatable bonds is 10. The maximum absolute atomic E-state index is 12.0. The topological polar surface area (TPSA) is 38.3 Å². The van der Waals surface area contributed by atoms with E-state index in [9.17, 15) is 4.79 Å². The molecule has 0 aromatic heterocycles. The molecule has 0 radical (unpaired) electrons. The molecule has 3 nitrogen and oxygen atoms in total. The molecule has 0 unspecified atom stereocenters. The van der Waals surface area contributed by atoms with Gasteiger partial charge in [-0.1, -0.05) is 78.9 Å². The second-order valence-electron chi connectivity index (χ2n) is 6.85. The Bertz CT molecular complexity index is 847. The number of aryl methyl sites for hydroxylation is 1. The van der Waals surface area contributed by atoms with Crippen molar-refractivity contribution in [1.29, 1.82) is 0 Å². The van der Waals surface area contributed by atoms with E-state index in [0.717, 1.165) is 36.1 Å². The molecule has 0 aliphatic carbocycles. The van der Waals surface area contributed by atoms with E-state index < -0.39 is 0 Å². The van der Waals surface area contributed by atoms with Gasteiger partial charge in [0, 0.05) is 13.0 Å². The highest BCUT2D eigenvalue weighted by Crippen LogP contribution is 2.21. The molecule has 144 valence electrons. The van der Waals surface area contributed by atoms with E-state index >= 15 is 0 Å². The first kappa shape index (κ1) is 19.7. The first-order chi connectivity index (χ1) is 13.8. The lowest BCUT2D eigenvalue weighted by atomic mass is 10.1. The molecule has 0 heterocycles. The van der Waals surface area contributed by atoms with E-state index in [1.165, 1.54) is 5.56 Å². The van der Waals surface area contributed by atoms with Crippen molar-refractivity contribution in [1.82, 2.24) is 5.32 Å². The molecule has 0 bridgehead atoms. The molecule has 3 aromatic rings. The normalized spacial score (nSPS) is 10.4. The number of nitrogens with one attached hydrogen (secondary N) is 1. The third-order valence-corrected chi connectivity index (χ3v) is 4.64. The molecule has 0 saturated heterocycles. The number of carbonyl (C=O) groups is 1. The van der Waals surface area contributed by atoms with Crippen molar-refractivity contribution in [3.63, 3.8) is 0 Å². The van der Waals surface area contributed by atoms with Crippen LogP contribution >= 0.6 is 0 Å². The number of hydrogen-bond acceptors (Lipinski definition) is 2. The van der Waals surface area contributed by atoms with Crippen molar-refractivity contribution in [2.75, 3.05) is 0 Å². The molecule has 0 atom stereocenters. The summed E-state index contributed by atoms with van der Waals surface area (Å²) in [7, 11) is 0. The number of hydrogen-bond donors (Lipinski definition) is 1. The lowest BCUT2D eigenvalue weighted by Gasteiger charge is -2.11. The lowest BCUT2D eigenvalue weighted by molar-refractivity contribution is -0.121. The Kier molecular flexibility index (Phi) is 7.68. The van der Waals surface area contributed by atoms with E-state index in [1.807, 2.05) is 66.7 Å². The molecular formula is C25H27NO2. The molecule has 1 N–H and O–H groups in total. The Balaban J connectivity index is 1.39. The summed E-state index contributed by atoms with van der Waals surface area (Å²) in [6.07, 6.45) is 3.30. The highest BCUT2D eigenvalue weighted by molar-refractivity contribution is 5.75. The van der Waals surface area contributed by atoms with E-state index in [0.29, 0.717) is 19.6 Å². The Morgan fingerprint density at radius 3 is 2.14 bits per heavy atom. The largest absolute Gasteiger partial charge is 0.489 e. The molecule has 0 aliphatic heterocycles. The summed E-state index contributed by atoms with van der Waals surface area (Å²) in [5, 5.41) is 2.98. The van der Waals surface area contributed by atoms with Gasteiger partial charge in [-0.3, -0.25) is 4.79 Å². The van der Waals surface area contributed by atoms with E-state index in [1.54, 1.807) is 0 Å². The second-order valence-corrected chi connectivity index (χ2v) is 6.85. The quantitative estimate of drug-likeness (QED) is 0.490. The van der Waals surface area contributed by atoms with Crippen LogP contribution in [0.15, 0.2) is 84.9 Å². The summed E-state index contributed by atoms with van der Waals surface area (Å²) in [4.78, 5) is 12.0. The fourth-order valence-corrected chi connectivity index (χ4v) is 3.07. The van der Waals surface area contributed by atoms with Gasteiger partial charge in [-0.15, -0.1) is 0 Å². The van der Waals surface area contributed by atoms with Crippen LogP contribution in [0.5, 0.6) is 5.75 Å². The summed E-state index contributed by atoms with van der Waals surface area (Å²) >= 11 is 0. The van der Waals surface area contributed by atoms with Crippen LogP contribution in [-0.4, -0.2) is 5.91 Å². The predicted octanol–water partition coefficient (Wildman–Crippen LogP) is 5.29. The lowest BCUT2D eigenvalue weighted by Crippen LogP contribution is -2.22. The minimum Gasteiger partial charge on any atom is -0.489 e. The van der Waals surface area contributed by atoms with Crippen molar-refractivity contribution in [2.24, 2.45) is 0 Å². The van der Waals surface area contributed by atoms with Gasteiger partial charge >= 0.3 is 0 Å². The molecule has 3 heteroatoms. The first-order valence-corrected chi connectivity index (χ1v) is 9.86. The van der Waals surface area contributed by atoms with Gasteiger partial charge in [-0.2, -0.15) is 0 Å². The van der Waals surface area contributed by atoms with Crippen LogP contribution in [0.25, 0.3) is 0 Å². The summed E-state index contributed by atoms with van der Waals surface area (Å²) in [6.45, 7) is 1.16. The monoisotopic (exact) mass is 373 g/mol. The first-order valence-electron chi connectivity index (χ1n) is 9.86. The van der Waals surface area contributed by atoms with Crippen LogP contribution in [0.4, 0.5) is 0 Å². The van der Waals surface area contributed by atoms with Crippen molar-refractivity contribution in [2.45, 2.75) is 38.8 Å². The van der Waals surface area contributed by atoms with Crippen molar-refractivity contribution in [3.8, 4) is 5.75 Å². The van der Waals surface area contributed by atoms with Crippen LogP contribution in [0, 0.1) is 0 Å². The smallest absolute Gasteiger partial charge is 0.220 e. The third kappa shape index (κ3) is 6.58. The molecule has 0 saturated carbocycles. The predicted molar refractivity (Wildman–Crippen MR) is 113 cm³/mol. The van der Waals surface area contributed by atoms with Gasteiger partial charge < -0.3 is 10.1 Å². The number of benzene rings is 3. The molecular weight excluding hydrogens is 346 g/mol. The van der Waals surface area contributed by atoms with Crippen LogP contribution in [0.1, 0.15) is 36.0 Å². The Labute approximate surface area is 167 Å². The van der Waals surface area contributed by atoms with E-state index in [4.69, 9.17) is 4.74 Å². The number of unbranched alkanes of at least 4 members (excludes halogenated alkanes) is 1. The highest BCUT2D eigenvalue weighted by atomic mass is 16.5. The molecule has 3 rings (SSSR count). The summed E-state index contributed by atoms with van der Waals surface area (Å²) < 4.78 is 6.01. The Morgan fingerprint density at radius 1 is 0.750 bits per heavy atom. The highest BCUT2D eigenvalue weighted by Gasteiger charge is 2.05. The molecule has 1 amide bonds. The van der Waals surface area contributed by atoms with Crippen LogP contribution < -0.4 is 10.1 Å². The van der Waals surface area contributed by atoms with Gasteiger partial charge in [0.25, 0.3) is 0 Å². The van der Waals surface area contributed by atoms with Gasteiger partial charge in [0.15, 0.2) is 0 Å². The van der Waals surface area contributed by atoms with Crippen molar-refractivity contribution < 1.29 is 9.53 Å².